The van der Waals surface area contributed by atoms with Crippen molar-refractivity contribution in [3.63, 3.8) is 0 Å². The second-order valence-corrected chi connectivity index (χ2v) is 16.0. The number of aliphatic imine (C=N–C) groups is 1. The lowest BCUT2D eigenvalue weighted by Gasteiger charge is -2.22. The fourth-order valence-electron chi connectivity index (χ4n) is 8.89. The van der Waals surface area contributed by atoms with E-state index in [1.54, 1.807) is 0 Å². The molecule has 0 fully saturated rings. The van der Waals surface area contributed by atoms with Crippen LogP contribution in [0.25, 0.3) is 81.1 Å². The summed E-state index contributed by atoms with van der Waals surface area (Å²) in [5.74, 6) is 0. The van der Waals surface area contributed by atoms with Gasteiger partial charge >= 0.3 is 0 Å². The van der Waals surface area contributed by atoms with Crippen LogP contribution in [0.3, 0.4) is 0 Å². The molecule has 7 aromatic rings. The van der Waals surface area contributed by atoms with Gasteiger partial charge in [0, 0.05) is 21.9 Å². The standard InChI is InChI=1S/C59H51N.C2H6/c1-9-19-42-22-17-26-52(49(42)11-3)47-35-46(36-48(37-47)53-27-18-23-43(20-10-2)50(53)12-4)41-29-31-44(32-30-41)58(51-24-14-13-21-39(51)5)60-40(6)45-33-34-55-54-25-15-16-28-56(54)59(7,8)57(55)38-45;1-2/h9-38H,3-5H2,1-2,6-8H3;1-2H3/b19-9-,20-10-,58-51-,60-40?;. The van der Waals surface area contributed by atoms with E-state index in [1.807, 2.05) is 32.1 Å². The van der Waals surface area contributed by atoms with Gasteiger partial charge in [-0.25, -0.2) is 0 Å². The quantitative estimate of drug-likeness (QED) is 0.122. The summed E-state index contributed by atoms with van der Waals surface area (Å²) in [6, 6.07) is 52.6. The Bertz CT molecular complexity index is 2930. The van der Waals surface area contributed by atoms with Crippen LogP contribution in [0.2, 0.25) is 0 Å². The Morgan fingerprint density at radius 2 is 1.03 bits per heavy atom. The summed E-state index contributed by atoms with van der Waals surface area (Å²) in [6.45, 7) is 27.8. The molecule has 1 aliphatic rings. The first-order valence-electron chi connectivity index (χ1n) is 21.8. The molecule has 0 N–H and O–H groups in total. The zero-order chi connectivity index (χ0) is 44.0. The number of hydrogen-bond donors (Lipinski definition) is 0. The third-order valence-electron chi connectivity index (χ3n) is 12.0. The molecule has 8 rings (SSSR count). The molecule has 0 heterocycles. The first-order valence-corrected chi connectivity index (χ1v) is 21.8. The topological polar surface area (TPSA) is 12.4 Å². The van der Waals surface area contributed by atoms with Crippen LogP contribution >= 0.6 is 0 Å². The average molecular weight is 804 g/mol. The lowest BCUT2D eigenvalue weighted by Crippen LogP contribution is -2.25. The Labute approximate surface area is 369 Å². The molecule has 0 bridgehead atoms. The maximum Gasteiger partial charge on any atom is 0.0783 e. The van der Waals surface area contributed by atoms with Gasteiger partial charge in [-0.1, -0.05) is 205 Å². The molecule has 0 saturated heterocycles. The predicted octanol–water partition coefficient (Wildman–Crippen LogP) is 15.4. The molecule has 0 unspecified atom stereocenters. The molecule has 0 aromatic heterocycles. The number of fused-ring (bicyclic) bond motifs is 3. The van der Waals surface area contributed by atoms with Crippen molar-refractivity contribution in [2.24, 2.45) is 4.99 Å². The minimum atomic E-state index is -0.0904. The molecular weight excluding hydrogens is 747 g/mol. The Hall–Kier alpha value is -7.09. The Morgan fingerprint density at radius 1 is 0.516 bits per heavy atom. The number of allylic oxidation sites excluding steroid dienone is 2. The molecule has 0 aliphatic heterocycles. The Balaban J connectivity index is 0.00000285. The molecule has 62 heavy (non-hydrogen) atoms. The van der Waals surface area contributed by atoms with Crippen LogP contribution in [-0.2, 0) is 5.41 Å². The average Bonchev–Trinajstić information content (AvgIpc) is 3.54. The second-order valence-electron chi connectivity index (χ2n) is 16.0. The fraction of sp³-hybridized carbons (Fsp3) is 0.131. The van der Waals surface area contributed by atoms with Crippen LogP contribution < -0.4 is 10.4 Å². The molecule has 306 valence electrons. The van der Waals surface area contributed by atoms with Gasteiger partial charge in [-0.15, -0.1) is 0 Å². The van der Waals surface area contributed by atoms with E-state index in [2.05, 4.69) is 218 Å². The van der Waals surface area contributed by atoms with E-state index in [9.17, 15) is 0 Å². The van der Waals surface area contributed by atoms with Crippen LogP contribution in [-0.4, -0.2) is 5.71 Å². The SMILES string of the molecule is C=Cc1c(/C=C\C)cccc1-c1cc(-c2ccc(/C(N=C(C)c3ccc4c(c3)C(C)(C)c3ccccc3-4)=c3\ccccc3=C)cc2)cc(-c2cccc(/C=C\C)c2C=C)c1.CC. The van der Waals surface area contributed by atoms with E-state index in [4.69, 9.17) is 4.99 Å². The molecule has 1 nitrogen and oxygen atoms in total. The van der Waals surface area contributed by atoms with Crippen LogP contribution in [0, 0.1) is 0 Å². The fourth-order valence-corrected chi connectivity index (χ4v) is 8.89. The van der Waals surface area contributed by atoms with Gasteiger partial charge in [0.05, 0.1) is 5.70 Å². The van der Waals surface area contributed by atoms with Gasteiger partial charge < -0.3 is 0 Å². The lowest BCUT2D eigenvalue weighted by molar-refractivity contribution is 0.660. The summed E-state index contributed by atoms with van der Waals surface area (Å²) in [5.41, 5.74) is 20.5. The number of benzene rings is 7. The Morgan fingerprint density at radius 3 is 1.61 bits per heavy atom. The van der Waals surface area contributed by atoms with Crippen molar-refractivity contribution in [2.75, 3.05) is 0 Å². The van der Waals surface area contributed by atoms with Crippen LogP contribution in [0.1, 0.15) is 93.0 Å². The van der Waals surface area contributed by atoms with Gasteiger partial charge in [-0.2, -0.15) is 0 Å². The van der Waals surface area contributed by atoms with Crippen LogP contribution in [0.4, 0.5) is 0 Å². The monoisotopic (exact) mass is 803 g/mol. The van der Waals surface area contributed by atoms with Crippen LogP contribution in [0.15, 0.2) is 176 Å². The van der Waals surface area contributed by atoms with Gasteiger partial charge in [-0.05, 0) is 134 Å². The van der Waals surface area contributed by atoms with Crippen molar-refractivity contribution in [1.82, 2.24) is 0 Å². The lowest BCUT2D eigenvalue weighted by atomic mass is 9.82. The van der Waals surface area contributed by atoms with Crippen molar-refractivity contribution in [1.29, 1.82) is 0 Å². The highest BCUT2D eigenvalue weighted by Crippen LogP contribution is 2.48. The third-order valence-corrected chi connectivity index (χ3v) is 12.0. The summed E-state index contributed by atoms with van der Waals surface area (Å²) in [5, 5.41) is 1.95. The van der Waals surface area contributed by atoms with Gasteiger partial charge in [0.25, 0.3) is 0 Å². The third kappa shape index (κ3) is 8.19. The highest BCUT2D eigenvalue weighted by molar-refractivity contribution is 6.03. The molecule has 0 spiro atoms. The number of hydrogen-bond acceptors (Lipinski definition) is 1. The second kappa shape index (κ2) is 18.7. The maximum absolute atomic E-state index is 5.43. The van der Waals surface area contributed by atoms with Gasteiger partial charge in [0.15, 0.2) is 0 Å². The smallest absolute Gasteiger partial charge is 0.0783 e. The van der Waals surface area contributed by atoms with Gasteiger partial charge in [-0.3, -0.25) is 4.99 Å². The van der Waals surface area contributed by atoms with E-state index in [0.717, 1.165) is 88.6 Å². The molecule has 1 aliphatic carbocycles. The van der Waals surface area contributed by atoms with Gasteiger partial charge in [0.2, 0.25) is 0 Å². The summed E-state index contributed by atoms with van der Waals surface area (Å²) in [7, 11) is 0. The normalized spacial score (nSPS) is 13.3. The van der Waals surface area contributed by atoms with Crippen molar-refractivity contribution >= 4 is 42.3 Å². The van der Waals surface area contributed by atoms with E-state index in [0.29, 0.717) is 0 Å². The summed E-state index contributed by atoms with van der Waals surface area (Å²) >= 11 is 0. The summed E-state index contributed by atoms with van der Waals surface area (Å²) < 4.78 is 0. The molecule has 0 atom stereocenters. The largest absolute Gasteiger partial charge is 0.252 e. The summed E-state index contributed by atoms with van der Waals surface area (Å²) in [4.78, 5) is 5.43. The highest BCUT2D eigenvalue weighted by atomic mass is 14.8. The van der Waals surface area contributed by atoms with Gasteiger partial charge in [0.1, 0.15) is 0 Å². The van der Waals surface area contributed by atoms with Crippen LogP contribution in [0.5, 0.6) is 0 Å². The van der Waals surface area contributed by atoms with E-state index >= 15 is 0 Å². The highest BCUT2D eigenvalue weighted by Gasteiger charge is 2.35. The first kappa shape index (κ1) is 43.0. The zero-order valence-corrected chi connectivity index (χ0v) is 37.4. The number of rotatable bonds is 10. The van der Waals surface area contributed by atoms with Crippen molar-refractivity contribution < 1.29 is 0 Å². The minimum absolute atomic E-state index is 0.0904. The number of nitrogens with zero attached hydrogens (tertiary/aromatic N) is 1. The predicted molar refractivity (Wildman–Crippen MR) is 274 cm³/mol. The zero-order valence-electron chi connectivity index (χ0n) is 37.4. The van der Waals surface area contributed by atoms with Crippen molar-refractivity contribution in [2.45, 2.75) is 53.9 Å². The Kier molecular flexibility index (Phi) is 13.0. The minimum Gasteiger partial charge on any atom is -0.252 e. The molecule has 0 amide bonds. The molecule has 0 radical (unpaired) electrons. The van der Waals surface area contributed by atoms with E-state index in [-0.39, 0.29) is 5.41 Å². The van der Waals surface area contributed by atoms with Crippen molar-refractivity contribution in [3.05, 3.63) is 226 Å². The van der Waals surface area contributed by atoms with E-state index < -0.39 is 0 Å². The molecule has 7 aromatic carbocycles. The first-order chi connectivity index (χ1) is 30.2. The van der Waals surface area contributed by atoms with E-state index in [1.165, 1.54) is 22.3 Å². The summed E-state index contributed by atoms with van der Waals surface area (Å²) in [6.07, 6.45) is 12.4. The molecular formula is C61H57N. The maximum atomic E-state index is 5.43. The molecule has 1 heteroatoms. The van der Waals surface area contributed by atoms with Crippen molar-refractivity contribution in [3.8, 4) is 44.5 Å². The molecule has 0 saturated carbocycles.